The van der Waals surface area contributed by atoms with Gasteiger partial charge >= 0.3 is 5.69 Å². The minimum absolute atomic E-state index is 0.132. The molecule has 0 saturated carbocycles. The Morgan fingerprint density at radius 1 is 1.04 bits per heavy atom. The summed E-state index contributed by atoms with van der Waals surface area (Å²) in [6.45, 7) is 1.92. The number of hydrogen-bond donors (Lipinski definition) is 1. The number of hydrogen-bond acceptors (Lipinski definition) is 6. The summed E-state index contributed by atoms with van der Waals surface area (Å²) < 4.78 is 1.60. The van der Waals surface area contributed by atoms with Crippen LogP contribution in [0.4, 0.5) is 17.2 Å². The first-order valence-corrected chi connectivity index (χ1v) is 7.89. The molecule has 0 aliphatic carbocycles. The minimum atomic E-state index is -0.481. The summed E-state index contributed by atoms with van der Waals surface area (Å²) in [4.78, 5) is 23.8. The molecule has 0 spiro atoms. The zero-order chi connectivity index (χ0) is 18.1. The Labute approximate surface area is 148 Å². The van der Waals surface area contributed by atoms with Crippen LogP contribution in [0, 0.1) is 17.0 Å². The fourth-order valence-electron chi connectivity index (χ4n) is 2.77. The molecule has 8 nitrogen and oxygen atoms in total. The highest BCUT2D eigenvalue weighted by molar-refractivity contribution is 5.79. The third-order valence-electron chi connectivity index (χ3n) is 4.07. The molecule has 0 amide bonds. The van der Waals surface area contributed by atoms with Gasteiger partial charge in [0.2, 0.25) is 11.6 Å². The van der Waals surface area contributed by atoms with E-state index in [-0.39, 0.29) is 17.3 Å². The van der Waals surface area contributed by atoms with Crippen molar-refractivity contribution >= 4 is 28.2 Å². The van der Waals surface area contributed by atoms with E-state index >= 15 is 0 Å². The second kappa shape index (κ2) is 6.25. The Kier molecular flexibility index (Phi) is 3.77. The zero-order valence-electron chi connectivity index (χ0n) is 13.8. The fourth-order valence-corrected chi connectivity index (χ4v) is 2.77. The molecule has 2 aromatic carbocycles. The van der Waals surface area contributed by atoms with Crippen LogP contribution in [0.25, 0.3) is 16.9 Å². The van der Waals surface area contributed by atoms with Crippen molar-refractivity contribution in [3.63, 3.8) is 0 Å². The third-order valence-corrected chi connectivity index (χ3v) is 4.07. The van der Waals surface area contributed by atoms with Gasteiger partial charge in [-0.05, 0) is 30.7 Å². The van der Waals surface area contributed by atoms with Crippen molar-refractivity contribution in [2.24, 2.45) is 0 Å². The van der Waals surface area contributed by atoms with Crippen LogP contribution in [0.2, 0.25) is 0 Å². The Morgan fingerprint density at radius 3 is 2.62 bits per heavy atom. The summed E-state index contributed by atoms with van der Waals surface area (Å²) in [6, 6.07) is 14.9. The third kappa shape index (κ3) is 2.63. The summed E-state index contributed by atoms with van der Waals surface area (Å²) in [5.41, 5.74) is 2.95. The van der Waals surface area contributed by atoms with E-state index in [0.29, 0.717) is 0 Å². The molecule has 1 N–H and O–H groups in total. The standard InChI is InChI=1S/C18H14N6O2/c1-12-6-2-3-7-13(12)22-17-16(24(25)26)18(20-10-19-17)23-11-21-14-8-4-5-9-15(14)23/h2-11H,1H3,(H,19,20,22). The van der Waals surface area contributed by atoms with E-state index in [9.17, 15) is 10.1 Å². The summed E-state index contributed by atoms with van der Waals surface area (Å²) >= 11 is 0. The summed E-state index contributed by atoms with van der Waals surface area (Å²) in [5.74, 6) is 0.293. The van der Waals surface area contributed by atoms with Crippen LogP contribution in [0.3, 0.4) is 0 Å². The predicted molar refractivity (Wildman–Crippen MR) is 97.8 cm³/mol. The monoisotopic (exact) mass is 346 g/mol. The average Bonchev–Trinajstić information content (AvgIpc) is 3.07. The first kappa shape index (κ1) is 15.7. The molecule has 8 heteroatoms. The molecule has 0 aliphatic heterocycles. The Balaban J connectivity index is 1.89. The molecule has 128 valence electrons. The van der Waals surface area contributed by atoms with Gasteiger partial charge in [0.05, 0.1) is 16.0 Å². The molecule has 0 bridgehead atoms. The molecule has 0 aliphatic rings. The molecule has 26 heavy (non-hydrogen) atoms. The number of nitrogens with one attached hydrogen (secondary N) is 1. The minimum Gasteiger partial charge on any atom is -0.334 e. The lowest BCUT2D eigenvalue weighted by molar-refractivity contribution is -0.384. The second-order valence-electron chi connectivity index (χ2n) is 5.69. The first-order chi connectivity index (χ1) is 12.6. The summed E-state index contributed by atoms with van der Waals surface area (Å²) in [5, 5.41) is 14.8. The number of fused-ring (bicyclic) bond motifs is 1. The van der Waals surface area contributed by atoms with Gasteiger partial charge in [0.25, 0.3) is 0 Å². The van der Waals surface area contributed by atoms with E-state index in [2.05, 4.69) is 20.3 Å². The highest BCUT2D eigenvalue weighted by atomic mass is 16.6. The molecular formula is C18H14N6O2. The van der Waals surface area contributed by atoms with E-state index in [1.54, 1.807) is 4.57 Å². The Bertz CT molecular complexity index is 1120. The van der Waals surface area contributed by atoms with Gasteiger partial charge in [-0.2, -0.15) is 0 Å². The highest BCUT2D eigenvalue weighted by Gasteiger charge is 2.25. The Hall–Kier alpha value is -3.81. The van der Waals surface area contributed by atoms with E-state index in [1.165, 1.54) is 12.7 Å². The average molecular weight is 346 g/mol. The highest BCUT2D eigenvalue weighted by Crippen LogP contribution is 2.32. The summed E-state index contributed by atoms with van der Waals surface area (Å²) in [6.07, 6.45) is 2.83. The topological polar surface area (TPSA) is 98.8 Å². The van der Waals surface area contributed by atoms with Gasteiger partial charge in [-0.15, -0.1) is 0 Å². The number of aromatic nitrogens is 4. The lowest BCUT2D eigenvalue weighted by atomic mass is 10.2. The lowest BCUT2D eigenvalue weighted by Gasteiger charge is -2.11. The molecule has 0 saturated heterocycles. The number of rotatable bonds is 4. The van der Waals surface area contributed by atoms with Crippen LogP contribution in [-0.2, 0) is 0 Å². The van der Waals surface area contributed by atoms with Gasteiger partial charge in [0, 0.05) is 5.69 Å². The fraction of sp³-hybridized carbons (Fsp3) is 0.0556. The smallest absolute Gasteiger partial charge is 0.334 e. The molecule has 0 radical (unpaired) electrons. The number of anilines is 2. The molecule has 2 aromatic heterocycles. The van der Waals surface area contributed by atoms with Crippen molar-refractivity contribution in [2.45, 2.75) is 6.92 Å². The van der Waals surface area contributed by atoms with E-state index in [4.69, 9.17) is 0 Å². The number of para-hydroxylation sites is 3. The van der Waals surface area contributed by atoms with E-state index in [0.717, 1.165) is 22.3 Å². The van der Waals surface area contributed by atoms with Crippen LogP contribution in [0.5, 0.6) is 0 Å². The summed E-state index contributed by atoms with van der Waals surface area (Å²) in [7, 11) is 0. The first-order valence-electron chi connectivity index (χ1n) is 7.89. The van der Waals surface area contributed by atoms with Crippen molar-refractivity contribution in [3.8, 4) is 5.82 Å². The van der Waals surface area contributed by atoms with E-state index in [1.807, 2.05) is 55.5 Å². The van der Waals surface area contributed by atoms with Crippen molar-refractivity contribution < 1.29 is 4.92 Å². The van der Waals surface area contributed by atoms with Crippen molar-refractivity contribution in [3.05, 3.63) is 76.9 Å². The number of imidazole rings is 1. The lowest BCUT2D eigenvalue weighted by Crippen LogP contribution is -2.07. The van der Waals surface area contributed by atoms with Crippen LogP contribution in [0.15, 0.2) is 61.2 Å². The van der Waals surface area contributed by atoms with Gasteiger partial charge in [0.15, 0.2) is 0 Å². The van der Waals surface area contributed by atoms with Crippen molar-refractivity contribution in [2.75, 3.05) is 5.32 Å². The molecule has 0 atom stereocenters. The van der Waals surface area contributed by atoms with Gasteiger partial charge in [-0.25, -0.2) is 15.0 Å². The normalized spacial score (nSPS) is 10.8. The van der Waals surface area contributed by atoms with Crippen LogP contribution in [0.1, 0.15) is 5.56 Å². The van der Waals surface area contributed by atoms with Gasteiger partial charge < -0.3 is 5.32 Å². The second-order valence-corrected chi connectivity index (χ2v) is 5.69. The SMILES string of the molecule is Cc1ccccc1Nc1ncnc(-n2cnc3ccccc32)c1[N+](=O)[O-]. The Morgan fingerprint density at radius 2 is 1.81 bits per heavy atom. The maximum atomic E-state index is 11.8. The van der Waals surface area contributed by atoms with Gasteiger partial charge in [-0.1, -0.05) is 30.3 Å². The predicted octanol–water partition coefficient (Wildman–Crippen LogP) is 3.78. The van der Waals surface area contributed by atoms with Crippen LogP contribution in [-0.4, -0.2) is 24.4 Å². The van der Waals surface area contributed by atoms with Crippen molar-refractivity contribution in [1.82, 2.24) is 19.5 Å². The number of aryl methyl sites for hydroxylation is 1. The zero-order valence-corrected chi connectivity index (χ0v) is 13.8. The molecule has 0 fully saturated rings. The molecule has 4 rings (SSSR count). The number of benzene rings is 2. The molecular weight excluding hydrogens is 332 g/mol. The van der Waals surface area contributed by atoms with Crippen LogP contribution >= 0.6 is 0 Å². The largest absolute Gasteiger partial charge is 0.354 e. The maximum Gasteiger partial charge on any atom is 0.354 e. The van der Waals surface area contributed by atoms with E-state index < -0.39 is 4.92 Å². The van der Waals surface area contributed by atoms with Gasteiger partial charge in [0.1, 0.15) is 12.7 Å². The van der Waals surface area contributed by atoms with Gasteiger partial charge in [-0.3, -0.25) is 14.7 Å². The van der Waals surface area contributed by atoms with Crippen molar-refractivity contribution in [1.29, 1.82) is 0 Å². The molecule has 4 aromatic rings. The maximum absolute atomic E-state index is 11.8. The van der Waals surface area contributed by atoms with Crippen LogP contribution < -0.4 is 5.32 Å². The molecule has 0 unspecified atom stereocenters. The molecule has 2 heterocycles. The number of nitro groups is 1. The number of nitrogens with zero attached hydrogens (tertiary/aromatic N) is 5. The quantitative estimate of drug-likeness (QED) is 0.446.